The summed E-state index contributed by atoms with van der Waals surface area (Å²) in [6.45, 7) is 6.37. The van der Waals surface area contributed by atoms with Gasteiger partial charge in [0.15, 0.2) is 0 Å². The molecule has 6 nitrogen and oxygen atoms in total. The van der Waals surface area contributed by atoms with Crippen molar-refractivity contribution in [2.24, 2.45) is 0 Å². The first kappa shape index (κ1) is 34.9. The summed E-state index contributed by atoms with van der Waals surface area (Å²) in [4.78, 5) is 9.92. The van der Waals surface area contributed by atoms with E-state index in [1.54, 1.807) is 0 Å². The first-order valence-corrected chi connectivity index (χ1v) is 23.1. The molecule has 0 spiro atoms. The molecule has 8 aromatic carbocycles. The van der Waals surface area contributed by atoms with Gasteiger partial charge in [-0.3, -0.25) is 0 Å². The van der Waals surface area contributed by atoms with Gasteiger partial charge in [-0.1, -0.05) is 54.6 Å². The van der Waals surface area contributed by atoms with Crippen LogP contribution in [0.2, 0.25) is 0 Å². The van der Waals surface area contributed by atoms with E-state index in [1.165, 1.54) is 16.6 Å². The molecule has 12 rings (SSSR count). The molecule has 2 aliphatic rings. The fourth-order valence-corrected chi connectivity index (χ4v) is 10.7. The van der Waals surface area contributed by atoms with Gasteiger partial charge in [0.2, 0.25) is 0 Å². The Hall–Kier alpha value is -7.47. The van der Waals surface area contributed by atoms with Crippen LogP contribution in [0, 0.1) is 3.80 Å². The van der Waals surface area contributed by atoms with Crippen molar-refractivity contribution < 1.29 is 30.9 Å². The third kappa shape index (κ3) is 6.60. The second kappa shape index (κ2) is 15.9. The minimum absolute atomic E-state index is 0.132. The zero-order valence-corrected chi connectivity index (χ0v) is 38.6. The van der Waals surface area contributed by atoms with E-state index in [0.717, 1.165) is 60.1 Å². The van der Waals surface area contributed by atoms with Gasteiger partial charge in [0.25, 0.3) is 0 Å². The van der Waals surface area contributed by atoms with Crippen molar-refractivity contribution in [1.29, 1.82) is 0 Å². The van der Waals surface area contributed by atoms with Crippen LogP contribution in [0.5, 0.6) is 11.6 Å². The summed E-state index contributed by atoms with van der Waals surface area (Å²) in [5.41, 5.74) is 13.6. The molecular weight excluding hydrogens is 989 g/mol. The molecule has 320 valence electrons. The molecule has 0 aliphatic carbocycles. The van der Waals surface area contributed by atoms with Crippen molar-refractivity contribution in [1.82, 2.24) is 14.1 Å². The van der Waals surface area contributed by atoms with Crippen LogP contribution in [0.25, 0.3) is 55.8 Å². The second-order valence-corrected chi connectivity index (χ2v) is 18.6. The Bertz CT molecular complexity index is 3860. The van der Waals surface area contributed by atoms with Crippen molar-refractivity contribution in [3.8, 4) is 56.4 Å². The van der Waals surface area contributed by atoms with E-state index in [4.69, 9.17) is 13.8 Å². The molecule has 0 unspecified atom stereocenters. The number of fused-ring (bicyclic) bond motifs is 9. The number of anilines is 4. The summed E-state index contributed by atoms with van der Waals surface area (Å²) < 4.78 is 56.0. The average Bonchev–Trinajstić information content (AvgIpc) is 3.89. The number of aromatic nitrogens is 3. The van der Waals surface area contributed by atoms with Gasteiger partial charge >= 0.3 is 322 Å². The number of rotatable bonds is 7. The summed E-state index contributed by atoms with van der Waals surface area (Å²) in [5, 5.41) is 0. The van der Waals surface area contributed by atoms with Gasteiger partial charge in [-0.25, -0.2) is 0 Å². The summed E-state index contributed by atoms with van der Waals surface area (Å²) in [7, 11) is 0. The quantitative estimate of drug-likeness (QED) is 0.149. The second-order valence-electron chi connectivity index (χ2n) is 17.6. The Balaban J connectivity index is 0.984. The van der Waals surface area contributed by atoms with Gasteiger partial charge in [0, 0.05) is 11.3 Å². The Morgan fingerprint density at radius 1 is 0.545 bits per heavy atom. The van der Waals surface area contributed by atoms with Gasteiger partial charge in [0.1, 0.15) is 0 Å². The summed E-state index contributed by atoms with van der Waals surface area (Å²) in [5.74, 6) is 1.78. The molecule has 2 aromatic heterocycles. The zero-order chi connectivity index (χ0) is 48.9. The molecule has 0 saturated carbocycles. The van der Waals surface area contributed by atoms with Gasteiger partial charge in [-0.15, -0.1) is 0 Å². The van der Waals surface area contributed by atoms with E-state index in [2.05, 4.69) is 168 Å². The maximum absolute atomic E-state index is 9.17. The number of hydrogen-bond donors (Lipinski definition) is 0. The third-order valence-corrected chi connectivity index (χ3v) is 13.6. The monoisotopic (exact) mass is 1040 g/mol. The van der Waals surface area contributed by atoms with Crippen LogP contribution >= 0.6 is 0 Å². The summed E-state index contributed by atoms with van der Waals surface area (Å²) >= 11 is 2.35. The number of ether oxygens (including phenoxy) is 1. The fraction of sp³-hybridized carbons (Fsp3) is 0.0690. The van der Waals surface area contributed by atoms with Crippen LogP contribution < -0.4 is 19.8 Å². The van der Waals surface area contributed by atoms with E-state index >= 15 is 0 Å². The molecular formula is C58H44BN5OPt. The molecule has 8 heteroatoms. The summed E-state index contributed by atoms with van der Waals surface area (Å²) in [6, 6.07) is 60.2. The van der Waals surface area contributed by atoms with Gasteiger partial charge in [0.05, 0.1) is 0 Å². The normalized spacial score (nSPS) is 13.8. The molecule has 0 N–H and O–H groups in total. The molecule has 66 heavy (non-hydrogen) atoms. The standard InChI is InChI=1S/C58H44BN5O.Pt/c1-58(2,3)42-22-15-21-41(37-42)46-28-17-27-45(40-19-5-4-6-20-40)57(46)62-39-61(51-31-11-12-32-52(51)62)43-23-16-24-44(38-43)65-56-36-18-35-55(60-56)64-54-34-14-13-33-53(54)63-50-30-10-8-26-48(50)47-25-7-9-29-49(47)59(63)64;/h4-38H,1-3H3;/i4D,5D,6D,19D,20D;. The molecule has 0 fully saturated rings. The summed E-state index contributed by atoms with van der Waals surface area (Å²) in [6.07, 6.45) is 0. The molecule has 0 radical (unpaired) electrons. The number of pyridine rings is 1. The number of nitrogens with zero attached hydrogens (tertiary/aromatic N) is 5. The Morgan fingerprint density at radius 3 is 1.95 bits per heavy atom. The average molecular weight is 1040 g/mol. The fourth-order valence-electron chi connectivity index (χ4n) is 9.65. The topological polar surface area (TPSA) is 38.5 Å². The van der Waals surface area contributed by atoms with Crippen molar-refractivity contribution >= 4 is 46.4 Å². The molecule has 0 atom stereocenters. The van der Waals surface area contributed by atoms with Crippen molar-refractivity contribution in [2.45, 2.75) is 26.2 Å². The van der Waals surface area contributed by atoms with E-state index in [-0.39, 0.29) is 42.1 Å². The molecule has 10 aromatic rings. The van der Waals surface area contributed by atoms with Crippen molar-refractivity contribution in [2.75, 3.05) is 9.62 Å². The predicted molar refractivity (Wildman–Crippen MR) is 268 cm³/mol. The number of para-hydroxylation sites is 6. The van der Waals surface area contributed by atoms with Crippen LogP contribution in [0.1, 0.15) is 33.2 Å². The van der Waals surface area contributed by atoms with E-state index < -0.39 is 6.04 Å². The SMILES string of the molecule is [2H]c1c([2H])c([2H])c(-c2cccc(-c3cccc(C(C)(C)C)c3)c2-n2[c](=[Pt])n(-c3cccc(Oc4cccc(N5B6c7ccccc7-c7ccccc7N6c6ccccc65)n4)c3)c3ccccc32)c([2H])c1[2H]. The van der Waals surface area contributed by atoms with Gasteiger partial charge < -0.3 is 0 Å². The van der Waals surface area contributed by atoms with Crippen LogP contribution in [-0.2, 0) is 24.8 Å². The van der Waals surface area contributed by atoms with E-state index in [0.29, 0.717) is 22.9 Å². The van der Waals surface area contributed by atoms with E-state index in [1.807, 2.05) is 72.8 Å². The molecule has 0 bridgehead atoms. The number of hydrogen-bond acceptors (Lipinski definition) is 4. The maximum atomic E-state index is 9.17. The van der Waals surface area contributed by atoms with Crippen LogP contribution in [0.4, 0.5) is 22.9 Å². The Morgan fingerprint density at radius 2 is 1.17 bits per heavy atom. The van der Waals surface area contributed by atoms with E-state index in [9.17, 15) is 2.74 Å². The first-order chi connectivity index (χ1) is 34.4. The molecule has 4 heterocycles. The van der Waals surface area contributed by atoms with Crippen molar-refractivity contribution in [3.05, 3.63) is 222 Å². The van der Waals surface area contributed by atoms with Crippen LogP contribution in [0.15, 0.2) is 212 Å². The van der Waals surface area contributed by atoms with Gasteiger partial charge in [-0.05, 0) is 17.7 Å². The molecule has 0 saturated heterocycles. The minimum atomic E-state index is -0.434. The third-order valence-electron chi connectivity index (χ3n) is 12.6. The molecule has 0 amide bonds. The first-order valence-electron chi connectivity index (χ1n) is 24.5. The Kier molecular flexibility index (Phi) is 8.40. The Labute approximate surface area is 403 Å². The van der Waals surface area contributed by atoms with Gasteiger partial charge in [-0.2, -0.15) is 0 Å². The predicted octanol–water partition coefficient (Wildman–Crippen LogP) is 14.0. The van der Waals surface area contributed by atoms with Crippen LogP contribution in [0.3, 0.4) is 0 Å². The molecule has 2 aliphatic heterocycles. The van der Waals surface area contributed by atoms with Crippen LogP contribution in [-0.4, -0.2) is 21.1 Å². The number of benzene rings is 8. The van der Waals surface area contributed by atoms with Crippen molar-refractivity contribution in [3.63, 3.8) is 0 Å². The number of imidazole rings is 1. The zero-order valence-electron chi connectivity index (χ0n) is 41.4.